The van der Waals surface area contributed by atoms with Crippen molar-refractivity contribution in [3.05, 3.63) is 0 Å². The smallest absolute Gasteiger partial charge is 0.380 e. The first kappa shape index (κ1) is 40.0. The number of carbonyl (C=O) groups is 4. The van der Waals surface area contributed by atoms with Crippen molar-refractivity contribution in [3.63, 3.8) is 0 Å². The third-order valence-corrected chi connectivity index (χ3v) is 10.1. The van der Waals surface area contributed by atoms with Gasteiger partial charge in [-0.2, -0.15) is 0 Å². The Kier molecular flexibility index (Phi) is 15.4. The van der Waals surface area contributed by atoms with Crippen molar-refractivity contribution >= 4 is 39.1 Å². The quantitative estimate of drug-likeness (QED) is 0.0448. The summed E-state index contributed by atoms with van der Waals surface area (Å²) in [7, 11) is -11.1. The standard InChI is InChI=1S/C22H43N3O15P2/c1-14(24)16(26)35-10-20(3,4)18(28)37-12-39-42(34,22(30,8-7-9-23)41(31,32)33)40-13-38-19(29)21(5,6)11-36-17(27)15(2)25/h14-15,30H,7-13,23-25H2,1-6H3,(H2,31,32,33)/t14-,15-,22?/m0/s1. The average Bonchev–Trinajstić information content (AvgIpc) is 2.87. The number of nitrogens with two attached hydrogens (primary N) is 3. The van der Waals surface area contributed by atoms with E-state index in [1.165, 1.54) is 41.5 Å². The van der Waals surface area contributed by atoms with Crippen LogP contribution in [0, 0.1) is 10.8 Å². The predicted octanol–water partition coefficient (Wildman–Crippen LogP) is -0.390. The molecule has 20 heteroatoms. The van der Waals surface area contributed by atoms with Crippen molar-refractivity contribution < 1.29 is 71.2 Å². The molecule has 42 heavy (non-hydrogen) atoms. The van der Waals surface area contributed by atoms with E-state index >= 15 is 0 Å². The summed E-state index contributed by atoms with van der Waals surface area (Å²) in [4.78, 5) is 68.0. The van der Waals surface area contributed by atoms with Gasteiger partial charge < -0.3 is 51.0 Å². The molecule has 0 radical (unpaired) electrons. The lowest BCUT2D eigenvalue weighted by Gasteiger charge is -2.34. The molecule has 0 aromatic heterocycles. The van der Waals surface area contributed by atoms with Crippen LogP contribution in [0.4, 0.5) is 0 Å². The first-order valence-electron chi connectivity index (χ1n) is 12.5. The Morgan fingerprint density at radius 2 is 1.12 bits per heavy atom. The molecule has 246 valence electrons. The van der Waals surface area contributed by atoms with Gasteiger partial charge in [0.1, 0.15) is 25.3 Å². The molecule has 0 aromatic rings. The van der Waals surface area contributed by atoms with Crippen molar-refractivity contribution in [2.24, 2.45) is 28.0 Å². The van der Waals surface area contributed by atoms with Crippen molar-refractivity contribution in [1.82, 2.24) is 0 Å². The highest BCUT2D eigenvalue weighted by atomic mass is 31.2. The van der Waals surface area contributed by atoms with Gasteiger partial charge in [-0.25, -0.2) is 0 Å². The van der Waals surface area contributed by atoms with Crippen LogP contribution in [0.5, 0.6) is 0 Å². The highest BCUT2D eigenvalue weighted by molar-refractivity contribution is 7.73. The number of rotatable bonds is 19. The van der Waals surface area contributed by atoms with Crippen LogP contribution in [0.1, 0.15) is 54.4 Å². The van der Waals surface area contributed by atoms with Gasteiger partial charge in [0, 0.05) is 6.42 Å². The van der Waals surface area contributed by atoms with E-state index in [4.69, 9.17) is 45.2 Å². The van der Waals surface area contributed by atoms with Gasteiger partial charge >= 0.3 is 39.1 Å². The number of carbonyl (C=O) groups excluding carboxylic acids is 4. The lowest BCUT2D eigenvalue weighted by molar-refractivity contribution is -0.168. The fourth-order valence-electron chi connectivity index (χ4n) is 2.60. The average molecular weight is 652 g/mol. The lowest BCUT2D eigenvalue weighted by Crippen LogP contribution is -2.37. The van der Waals surface area contributed by atoms with Crippen molar-refractivity contribution in [2.75, 3.05) is 33.3 Å². The first-order chi connectivity index (χ1) is 19.0. The van der Waals surface area contributed by atoms with Crippen LogP contribution in [0.15, 0.2) is 0 Å². The first-order valence-corrected chi connectivity index (χ1v) is 15.7. The zero-order valence-electron chi connectivity index (χ0n) is 24.5. The van der Waals surface area contributed by atoms with Gasteiger partial charge in [0.15, 0.2) is 0 Å². The van der Waals surface area contributed by atoms with E-state index in [0.29, 0.717) is 0 Å². The lowest BCUT2D eigenvalue weighted by atomic mass is 9.95. The van der Waals surface area contributed by atoms with Crippen LogP contribution < -0.4 is 17.2 Å². The van der Waals surface area contributed by atoms with E-state index < -0.39 is 100 Å². The molecular weight excluding hydrogens is 608 g/mol. The van der Waals surface area contributed by atoms with Crippen LogP contribution in [-0.4, -0.2) is 89.3 Å². The third kappa shape index (κ3) is 11.6. The number of hydrogen-bond donors (Lipinski definition) is 6. The third-order valence-electron chi connectivity index (χ3n) is 5.45. The zero-order valence-corrected chi connectivity index (χ0v) is 26.3. The fraction of sp³-hybridized carbons (Fsp3) is 0.818. The monoisotopic (exact) mass is 651 g/mol. The molecule has 0 heterocycles. The van der Waals surface area contributed by atoms with E-state index in [9.17, 15) is 43.2 Å². The van der Waals surface area contributed by atoms with E-state index in [0.717, 1.165) is 0 Å². The predicted molar refractivity (Wildman–Crippen MR) is 144 cm³/mol. The second-order valence-electron chi connectivity index (χ2n) is 10.6. The van der Waals surface area contributed by atoms with E-state index in [-0.39, 0.29) is 13.0 Å². The summed E-state index contributed by atoms with van der Waals surface area (Å²) in [5.41, 5.74) is 13.2. The van der Waals surface area contributed by atoms with Crippen LogP contribution in [0.3, 0.4) is 0 Å². The SMILES string of the molecule is C[C@H](N)C(=O)OCC(C)(C)C(=O)OCOP(=O)(OCOC(=O)C(C)(C)COC(=O)[C@H](C)N)C(O)(CCCN)P(=O)(O)O. The molecule has 0 rings (SSSR count). The summed E-state index contributed by atoms with van der Waals surface area (Å²) in [5.74, 6) is -3.74. The minimum atomic E-state index is -5.73. The Hall–Kier alpha value is -1.98. The molecule has 0 aliphatic rings. The molecule has 0 aliphatic heterocycles. The Morgan fingerprint density at radius 3 is 1.40 bits per heavy atom. The minimum absolute atomic E-state index is 0.199. The number of aliphatic hydroxyl groups is 1. The van der Waals surface area contributed by atoms with Gasteiger partial charge in [-0.1, -0.05) is 0 Å². The Bertz CT molecular complexity index is 986. The highest BCUT2D eigenvalue weighted by Gasteiger charge is 2.62. The van der Waals surface area contributed by atoms with Crippen molar-refractivity contribution in [2.45, 2.75) is 71.6 Å². The largest absolute Gasteiger partial charge is 0.463 e. The summed E-state index contributed by atoms with van der Waals surface area (Å²) >= 11 is 0. The van der Waals surface area contributed by atoms with Gasteiger partial charge in [0.2, 0.25) is 13.6 Å². The van der Waals surface area contributed by atoms with Crippen molar-refractivity contribution in [1.29, 1.82) is 0 Å². The molecule has 0 aliphatic carbocycles. The molecule has 0 saturated carbocycles. The molecular formula is C22H43N3O15P2. The van der Waals surface area contributed by atoms with Gasteiger partial charge in [-0.15, -0.1) is 0 Å². The van der Waals surface area contributed by atoms with Crippen LogP contribution in [0.25, 0.3) is 0 Å². The maximum absolute atomic E-state index is 13.7. The Balaban J connectivity index is 5.76. The summed E-state index contributed by atoms with van der Waals surface area (Å²) in [5, 5.41) is 7.39. The molecule has 0 bridgehead atoms. The van der Waals surface area contributed by atoms with E-state index in [1.54, 1.807) is 0 Å². The summed E-state index contributed by atoms with van der Waals surface area (Å²) in [6, 6.07) is -1.93. The maximum Gasteiger partial charge on any atom is 0.380 e. The van der Waals surface area contributed by atoms with Gasteiger partial charge in [0.25, 0.3) is 5.08 Å². The van der Waals surface area contributed by atoms with Crippen molar-refractivity contribution in [3.8, 4) is 0 Å². The molecule has 1 unspecified atom stereocenters. The maximum atomic E-state index is 13.7. The second-order valence-corrected chi connectivity index (χ2v) is 15.1. The van der Waals surface area contributed by atoms with E-state index in [1.807, 2.05) is 0 Å². The fourth-order valence-corrected chi connectivity index (χ4v) is 5.97. The Labute approximate surface area is 243 Å². The molecule has 9 N–H and O–H groups in total. The summed E-state index contributed by atoms with van der Waals surface area (Å²) in [6.07, 6.45) is -1.17. The summed E-state index contributed by atoms with van der Waals surface area (Å²) < 4.78 is 55.3. The molecule has 0 amide bonds. The molecule has 0 saturated heterocycles. The minimum Gasteiger partial charge on any atom is -0.463 e. The topological polar surface area (TPSA) is 297 Å². The van der Waals surface area contributed by atoms with Gasteiger partial charge in [0.05, 0.1) is 10.8 Å². The number of esters is 4. The number of ether oxygens (including phenoxy) is 4. The zero-order chi connectivity index (χ0) is 33.2. The molecule has 3 atom stereocenters. The van der Waals surface area contributed by atoms with Gasteiger partial charge in [-0.3, -0.25) is 37.4 Å². The molecule has 0 spiro atoms. The van der Waals surface area contributed by atoms with Crippen LogP contribution in [0.2, 0.25) is 0 Å². The molecule has 18 nitrogen and oxygen atoms in total. The number of hydrogen-bond acceptors (Lipinski definition) is 16. The second kappa shape index (κ2) is 16.2. The molecule has 0 aromatic carbocycles. The highest BCUT2D eigenvalue weighted by Crippen LogP contribution is 2.74. The van der Waals surface area contributed by atoms with Crippen LogP contribution >= 0.6 is 15.2 Å². The molecule has 0 fully saturated rings. The Morgan fingerprint density at radius 1 is 0.762 bits per heavy atom. The normalized spacial score (nSPS) is 15.6. The summed E-state index contributed by atoms with van der Waals surface area (Å²) in [6.45, 7) is 4.32. The van der Waals surface area contributed by atoms with E-state index in [2.05, 4.69) is 0 Å². The van der Waals surface area contributed by atoms with Gasteiger partial charge in [-0.05, 0) is 54.5 Å². The van der Waals surface area contributed by atoms with Crippen LogP contribution in [-0.2, 0) is 56.3 Å².